The predicted octanol–water partition coefficient (Wildman–Crippen LogP) is 10.7. The van der Waals surface area contributed by atoms with Gasteiger partial charge in [-0.15, -0.1) is 0 Å². The van der Waals surface area contributed by atoms with Crippen LogP contribution in [0.2, 0.25) is 8.26 Å². The molecule has 0 aromatic heterocycles. The Balaban J connectivity index is 0.00000231. The van der Waals surface area contributed by atoms with E-state index < -0.39 is 20.3 Å². The normalized spacial score (nSPS) is 17.1. The van der Waals surface area contributed by atoms with E-state index in [0.717, 1.165) is 0 Å². The molecule has 3 aliphatic rings. The van der Waals surface area contributed by atoms with Crippen LogP contribution in [0, 0.1) is 11.8 Å². The fourth-order valence-corrected chi connectivity index (χ4v) is 27.4. The van der Waals surface area contributed by atoms with Crippen LogP contribution in [0.4, 0.5) is 0 Å². The summed E-state index contributed by atoms with van der Waals surface area (Å²) in [7, 11) is 0. The van der Waals surface area contributed by atoms with Gasteiger partial charge in [0, 0.05) is 0 Å². The number of allylic oxidation sites excluding steroid dienone is 2. The minimum Gasteiger partial charge on any atom is -1.00 e. The van der Waals surface area contributed by atoms with Crippen LogP contribution in [-0.2, 0) is 20.3 Å². The number of benzene rings is 8. The molecule has 2 aliphatic carbocycles. The fraction of sp³-hybridized carbons (Fsp3) is 0.228. The fourth-order valence-electron chi connectivity index (χ4n) is 12.0. The van der Waals surface area contributed by atoms with Crippen molar-refractivity contribution in [2.75, 3.05) is 0 Å². The molecule has 8 aromatic rings. The first-order valence-electron chi connectivity index (χ1n) is 21.9. The van der Waals surface area contributed by atoms with Crippen LogP contribution in [0.5, 0.6) is 0 Å². The van der Waals surface area contributed by atoms with Crippen molar-refractivity contribution in [1.29, 1.82) is 0 Å². The molecule has 0 amide bonds. The topological polar surface area (TPSA) is 0 Å². The molecule has 0 spiro atoms. The van der Waals surface area contributed by atoms with Gasteiger partial charge in [0.1, 0.15) is 0 Å². The molecular formula is C57H52Cl2Zr. The molecule has 2 atom stereocenters. The molecule has 0 N–H and O–H groups in total. The zero-order chi connectivity index (χ0) is 39.1. The van der Waals surface area contributed by atoms with Crippen molar-refractivity contribution in [1.82, 2.24) is 0 Å². The van der Waals surface area contributed by atoms with Gasteiger partial charge in [-0.05, 0) is 0 Å². The molecular weight excluding hydrogens is 847 g/mol. The second kappa shape index (κ2) is 16.2. The molecule has 8 aromatic carbocycles. The molecule has 60 heavy (non-hydrogen) atoms. The standard InChI is InChI=1S/2C27H23.C3H6.2ClH.Zr/c2*1-18(2)14-19-15-20-10-7-13-25(26(20)16-19)27-23-11-5-3-8-21(23)17-22-9-4-6-12-24(22)27;1-3-2;;;/h2*3-13,15-18H,14H2,1-2H3;1-3H2;2*1H;/q;;;;;+2/p-2. The number of halogens is 2. The Labute approximate surface area is 373 Å². The second-order valence-electron chi connectivity index (χ2n) is 18.6. The van der Waals surface area contributed by atoms with E-state index in [9.17, 15) is 0 Å². The smallest absolute Gasteiger partial charge is 1.00 e. The molecule has 3 heteroatoms. The van der Waals surface area contributed by atoms with Crippen LogP contribution in [0.25, 0.3) is 77.5 Å². The van der Waals surface area contributed by atoms with Gasteiger partial charge in [-0.25, -0.2) is 0 Å². The maximum absolute atomic E-state index is 3.14. The van der Waals surface area contributed by atoms with Gasteiger partial charge in [0.05, 0.1) is 0 Å². The van der Waals surface area contributed by atoms with E-state index in [2.05, 4.69) is 185 Å². The maximum Gasteiger partial charge on any atom is -1.00 e. The van der Waals surface area contributed by atoms with E-state index in [1.807, 2.05) is 0 Å². The molecule has 1 aliphatic heterocycles. The Bertz CT molecular complexity index is 2710. The van der Waals surface area contributed by atoms with Gasteiger partial charge in [-0.3, -0.25) is 0 Å². The summed E-state index contributed by atoms with van der Waals surface area (Å²) in [5.41, 5.74) is 15.5. The monoisotopic (exact) mass is 896 g/mol. The summed E-state index contributed by atoms with van der Waals surface area (Å²) in [6.45, 7) is 9.77. The van der Waals surface area contributed by atoms with Crippen LogP contribution in [-0.4, -0.2) is 0 Å². The minimum atomic E-state index is -3.14. The number of rotatable bonds is 8. The molecule has 11 rings (SSSR count). The molecule has 2 unspecified atom stereocenters. The van der Waals surface area contributed by atoms with Crippen molar-refractivity contribution in [3.05, 3.63) is 179 Å². The van der Waals surface area contributed by atoms with E-state index >= 15 is 0 Å². The SMILES string of the molecule is CC(C)CC1=Cc2c(-c3c4ccccc4cc4ccccc34)cccc2[CH]1[Zr+2]1([CH]2C(CC(C)C)=Cc3c(-c4c5ccccc5cc5ccccc45)cccc32)[CH2]C[CH2]1.[Cl-].[Cl-]. The zero-order valence-corrected chi connectivity index (χ0v) is 39.1. The third-order valence-electron chi connectivity index (χ3n) is 14.1. The van der Waals surface area contributed by atoms with Crippen LogP contribution in [0.15, 0.2) is 157 Å². The van der Waals surface area contributed by atoms with Crippen molar-refractivity contribution in [3.63, 3.8) is 0 Å². The van der Waals surface area contributed by atoms with Gasteiger partial charge >= 0.3 is 351 Å². The minimum absolute atomic E-state index is 0. The van der Waals surface area contributed by atoms with Crippen LogP contribution >= 0.6 is 0 Å². The zero-order valence-electron chi connectivity index (χ0n) is 35.1. The summed E-state index contributed by atoms with van der Waals surface area (Å²) in [5, 5.41) is 10.7. The van der Waals surface area contributed by atoms with Crippen LogP contribution in [0.1, 0.15) is 76.5 Å². The van der Waals surface area contributed by atoms with Crippen molar-refractivity contribution in [2.24, 2.45) is 11.8 Å². The third kappa shape index (κ3) is 6.49. The quantitative estimate of drug-likeness (QED) is 0.133. The van der Waals surface area contributed by atoms with Crippen molar-refractivity contribution in [2.45, 2.75) is 62.5 Å². The average Bonchev–Trinajstić information content (AvgIpc) is 3.76. The molecule has 0 radical (unpaired) electrons. The Kier molecular flexibility index (Phi) is 11.1. The molecule has 0 saturated carbocycles. The van der Waals surface area contributed by atoms with E-state index in [0.29, 0.717) is 19.1 Å². The molecule has 1 heterocycles. The van der Waals surface area contributed by atoms with Crippen LogP contribution < -0.4 is 24.8 Å². The van der Waals surface area contributed by atoms with Gasteiger partial charge in [-0.2, -0.15) is 0 Å². The second-order valence-corrected chi connectivity index (χ2v) is 30.0. The summed E-state index contributed by atoms with van der Waals surface area (Å²) in [6.07, 6.45) is 9.20. The van der Waals surface area contributed by atoms with E-state index in [1.54, 1.807) is 22.3 Å². The maximum atomic E-state index is 2.73. The number of hydrogen-bond donors (Lipinski definition) is 0. The summed E-state index contributed by atoms with van der Waals surface area (Å²) in [6, 6.07) is 55.9. The van der Waals surface area contributed by atoms with Gasteiger partial charge in [-0.1, -0.05) is 0 Å². The Morgan fingerprint density at radius 2 is 0.800 bits per heavy atom. The molecule has 1 fully saturated rings. The summed E-state index contributed by atoms with van der Waals surface area (Å²) in [4.78, 5) is 0. The van der Waals surface area contributed by atoms with Crippen molar-refractivity contribution in [3.8, 4) is 22.3 Å². The Hall–Kier alpha value is -4.26. The number of fused-ring (bicyclic) bond motifs is 6. The molecule has 0 bridgehead atoms. The Morgan fingerprint density at radius 3 is 1.12 bits per heavy atom. The average molecular weight is 899 g/mol. The first-order chi connectivity index (χ1) is 28.4. The van der Waals surface area contributed by atoms with Gasteiger partial charge in [0.25, 0.3) is 0 Å². The van der Waals surface area contributed by atoms with E-state index in [4.69, 9.17) is 0 Å². The predicted molar refractivity (Wildman–Crippen MR) is 248 cm³/mol. The summed E-state index contributed by atoms with van der Waals surface area (Å²) in [5.74, 6) is 1.22. The van der Waals surface area contributed by atoms with E-state index in [1.165, 1.54) is 104 Å². The summed E-state index contributed by atoms with van der Waals surface area (Å²) < 4.78 is 4.12. The molecule has 298 valence electrons. The third-order valence-corrected chi connectivity index (χ3v) is 29.4. The molecule has 0 nitrogen and oxygen atoms in total. The first kappa shape index (κ1) is 41.1. The largest absolute Gasteiger partial charge is 1.00 e. The van der Waals surface area contributed by atoms with Gasteiger partial charge < -0.3 is 24.8 Å². The van der Waals surface area contributed by atoms with Crippen LogP contribution in [0.3, 0.4) is 0 Å². The number of hydrogen-bond acceptors (Lipinski definition) is 0. The van der Waals surface area contributed by atoms with Gasteiger partial charge in [0.2, 0.25) is 0 Å². The van der Waals surface area contributed by atoms with Gasteiger partial charge in [0.15, 0.2) is 0 Å². The summed E-state index contributed by atoms with van der Waals surface area (Å²) >= 11 is -3.14. The molecule has 1 saturated heterocycles. The Morgan fingerprint density at radius 1 is 0.450 bits per heavy atom. The van der Waals surface area contributed by atoms with E-state index in [-0.39, 0.29) is 24.8 Å². The van der Waals surface area contributed by atoms with Crippen molar-refractivity contribution >= 4 is 55.2 Å². The van der Waals surface area contributed by atoms with Crippen molar-refractivity contribution < 1.29 is 45.1 Å². The first-order valence-corrected chi connectivity index (χ1v) is 28.2.